The molecule has 0 N–H and O–H groups in total. The fourth-order valence-corrected chi connectivity index (χ4v) is 1.08. The first-order chi connectivity index (χ1) is 6.72. The van der Waals surface area contributed by atoms with Crippen molar-refractivity contribution in [3.63, 3.8) is 0 Å². The van der Waals surface area contributed by atoms with Crippen LogP contribution in [0.2, 0.25) is 0 Å². The number of rotatable bonds is 4. The molecule has 1 unspecified atom stereocenters. The van der Waals surface area contributed by atoms with Crippen LogP contribution in [0.4, 0.5) is 0 Å². The lowest BCUT2D eigenvalue weighted by Crippen LogP contribution is -2.01. The van der Waals surface area contributed by atoms with Crippen LogP contribution in [-0.4, -0.2) is 12.3 Å². The normalized spacial score (nSPS) is 13.1. The lowest BCUT2D eigenvalue weighted by atomic mass is 10.2. The van der Waals surface area contributed by atoms with Crippen molar-refractivity contribution >= 4 is 22.1 Å². The van der Waals surface area contributed by atoms with Crippen LogP contribution in [0.3, 0.4) is 0 Å². The molecule has 0 radical (unpaired) electrons. The zero-order valence-electron chi connectivity index (χ0n) is 8.40. The monoisotopic (exact) mass is 255 g/mol. The van der Waals surface area contributed by atoms with Crippen molar-refractivity contribution in [3.05, 3.63) is 34.3 Å². The number of halogens is 1. The molecule has 76 valence electrons. The van der Waals surface area contributed by atoms with Crippen LogP contribution in [0.25, 0.3) is 0 Å². The van der Waals surface area contributed by atoms with Crippen LogP contribution >= 0.6 is 15.9 Å². The second kappa shape index (κ2) is 5.81. The summed E-state index contributed by atoms with van der Waals surface area (Å²) < 4.78 is 1.07. The van der Waals surface area contributed by atoms with E-state index in [1.165, 1.54) is 0 Å². The van der Waals surface area contributed by atoms with E-state index in [0.29, 0.717) is 0 Å². The third-order valence-electron chi connectivity index (χ3n) is 1.89. The molecule has 0 saturated carbocycles. The van der Waals surface area contributed by atoms with Crippen molar-refractivity contribution in [3.8, 4) is 0 Å². The van der Waals surface area contributed by atoms with Gasteiger partial charge in [0, 0.05) is 4.47 Å². The molecule has 1 aromatic carbocycles. The highest BCUT2D eigenvalue weighted by Crippen LogP contribution is 2.09. The number of nitrogens with zero attached hydrogens (tertiary/aromatic N) is 1. The maximum absolute atomic E-state index is 5.18. The molecule has 0 bridgehead atoms. The van der Waals surface area contributed by atoms with E-state index in [9.17, 15) is 0 Å². The topological polar surface area (TPSA) is 21.6 Å². The first-order valence-electron chi connectivity index (χ1n) is 4.67. The zero-order chi connectivity index (χ0) is 10.4. The fourth-order valence-electron chi connectivity index (χ4n) is 0.819. The average molecular weight is 256 g/mol. The first-order valence-corrected chi connectivity index (χ1v) is 5.46. The molecule has 3 heteroatoms. The summed E-state index contributed by atoms with van der Waals surface area (Å²) in [5.41, 5.74) is 1.04. The summed E-state index contributed by atoms with van der Waals surface area (Å²) in [7, 11) is 0. The van der Waals surface area contributed by atoms with Crippen molar-refractivity contribution in [2.45, 2.75) is 26.4 Å². The quantitative estimate of drug-likeness (QED) is 0.595. The van der Waals surface area contributed by atoms with Crippen molar-refractivity contribution < 1.29 is 4.84 Å². The summed E-state index contributed by atoms with van der Waals surface area (Å²) in [6.07, 6.45) is 2.87. The van der Waals surface area contributed by atoms with Gasteiger partial charge in [0.1, 0.15) is 6.10 Å². The van der Waals surface area contributed by atoms with Crippen LogP contribution in [-0.2, 0) is 4.84 Å². The van der Waals surface area contributed by atoms with E-state index in [2.05, 4.69) is 28.0 Å². The van der Waals surface area contributed by atoms with Crippen LogP contribution in [0.5, 0.6) is 0 Å². The summed E-state index contributed by atoms with van der Waals surface area (Å²) in [6.45, 7) is 4.07. The van der Waals surface area contributed by atoms with E-state index in [-0.39, 0.29) is 6.10 Å². The SMILES string of the molecule is CCC(C)ON=Cc1ccc(Br)cc1. The Bertz CT molecular complexity index is 295. The van der Waals surface area contributed by atoms with Crippen molar-refractivity contribution in [1.82, 2.24) is 0 Å². The lowest BCUT2D eigenvalue weighted by molar-refractivity contribution is 0.0712. The Labute approximate surface area is 93.1 Å². The van der Waals surface area contributed by atoms with Crippen LogP contribution in [0, 0.1) is 0 Å². The molecule has 2 nitrogen and oxygen atoms in total. The zero-order valence-corrected chi connectivity index (χ0v) is 9.99. The van der Waals surface area contributed by atoms with Gasteiger partial charge in [-0.25, -0.2) is 0 Å². The van der Waals surface area contributed by atoms with Crippen molar-refractivity contribution in [1.29, 1.82) is 0 Å². The Morgan fingerprint density at radius 3 is 2.64 bits per heavy atom. The molecular weight excluding hydrogens is 242 g/mol. The van der Waals surface area contributed by atoms with Crippen molar-refractivity contribution in [2.75, 3.05) is 0 Å². The molecule has 1 aromatic rings. The average Bonchev–Trinajstić information content (AvgIpc) is 2.21. The third kappa shape index (κ3) is 3.92. The van der Waals surface area contributed by atoms with E-state index in [1.807, 2.05) is 31.2 Å². The Kier molecular flexibility index (Phi) is 4.66. The first kappa shape index (κ1) is 11.2. The van der Waals surface area contributed by atoms with Gasteiger partial charge in [-0.05, 0) is 31.0 Å². The van der Waals surface area contributed by atoms with Gasteiger partial charge in [0.05, 0.1) is 6.21 Å². The predicted molar refractivity (Wildman–Crippen MR) is 62.6 cm³/mol. The molecule has 0 aliphatic rings. The van der Waals surface area contributed by atoms with Crippen LogP contribution < -0.4 is 0 Å². The van der Waals surface area contributed by atoms with E-state index in [1.54, 1.807) is 6.21 Å². The lowest BCUT2D eigenvalue weighted by Gasteiger charge is -2.04. The van der Waals surface area contributed by atoms with E-state index < -0.39 is 0 Å². The molecular formula is C11H14BrNO. The molecule has 0 aliphatic carbocycles. The summed E-state index contributed by atoms with van der Waals surface area (Å²) in [6, 6.07) is 7.91. The number of benzene rings is 1. The van der Waals surface area contributed by atoms with Crippen LogP contribution in [0.15, 0.2) is 33.9 Å². The predicted octanol–water partition coefficient (Wildman–Crippen LogP) is 3.60. The maximum atomic E-state index is 5.18. The van der Waals surface area contributed by atoms with Gasteiger partial charge in [-0.15, -0.1) is 0 Å². The molecule has 0 saturated heterocycles. The fraction of sp³-hybridized carbons (Fsp3) is 0.364. The summed E-state index contributed by atoms with van der Waals surface area (Å²) >= 11 is 3.37. The Morgan fingerprint density at radius 2 is 2.07 bits per heavy atom. The minimum Gasteiger partial charge on any atom is -0.393 e. The minimum absolute atomic E-state index is 0.182. The van der Waals surface area contributed by atoms with Gasteiger partial charge in [-0.3, -0.25) is 0 Å². The molecule has 0 aromatic heterocycles. The largest absolute Gasteiger partial charge is 0.393 e. The highest BCUT2D eigenvalue weighted by Gasteiger charge is 1.94. The second-order valence-electron chi connectivity index (χ2n) is 3.11. The molecule has 0 heterocycles. The highest BCUT2D eigenvalue weighted by atomic mass is 79.9. The molecule has 0 spiro atoms. The molecule has 0 aliphatic heterocycles. The van der Waals surface area contributed by atoms with E-state index in [4.69, 9.17) is 4.84 Å². The van der Waals surface area contributed by atoms with Gasteiger partial charge >= 0.3 is 0 Å². The van der Waals surface area contributed by atoms with Crippen molar-refractivity contribution in [2.24, 2.45) is 5.16 Å². The van der Waals surface area contributed by atoms with Gasteiger partial charge < -0.3 is 4.84 Å². The minimum atomic E-state index is 0.182. The molecule has 1 rings (SSSR count). The van der Waals surface area contributed by atoms with Crippen LogP contribution in [0.1, 0.15) is 25.8 Å². The maximum Gasteiger partial charge on any atom is 0.124 e. The van der Waals surface area contributed by atoms with E-state index >= 15 is 0 Å². The van der Waals surface area contributed by atoms with Gasteiger partial charge in [0.2, 0.25) is 0 Å². The standard InChI is InChI=1S/C11H14BrNO/c1-3-9(2)14-13-8-10-4-6-11(12)7-5-10/h4-9H,3H2,1-2H3. The van der Waals surface area contributed by atoms with Gasteiger partial charge in [-0.1, -0.05) is 40.1 Å². The third-order valence-corrected chi connectivity index (χ3v) is 2.42. The summed E-state index contributed by atoms with van der Waals surface area (Å²) in [5.74, 6) is 0. The Balaban J connectivity index is 2.48. The Hall–Kier alpha value is -0.830. The van der Waals surface area contributed by atoms with Gasteiger partial charge in [0.15, 0.2) is 0 Å². The van der Waals surface area contributed by atoms with Gasteiger partial charge in [0.25, 0.3) is 0 Å². The van der Waals surface area contributed by atoms with Gasteiger partial charge in [-0.2, -0.15) is 0 Å². The summed E-state index contributed by atoms with van der Waals surface area (Å²) in [5, 5.41) is 3.90. The number of hydrogen-bond acceptors (Lipinski definition) is 2. The number of hydrogen-bond donors (Lipinski definition) is 0. The molecule has 14 heavy (non-hydrogen) atoms. The number of oxime groups is 1. The second-order valence-corrected chi connectivity index (χ2v) is 4.03. The smallest absolute Gasteiger partial charge is 0.124 e. The molecule has 0 fully saturated rings. The van der Waals surface area contributed by atoms with E-state index in [0.717, 1.165) is 16.5 Å². The Morgan fingerprint density at radius 1 is 1.43 bits per heavy atom. The molecule has 1 atom stereocenters. The summed E-state index contributed by atoms with van der Waals surface area (Å²) in [4.78, 5) is 5.18. The highest BCUT2D eigenvalue weighted by molar-refractivity contribution is 9.10. The molecule has 0 amide bonds.